The fraction of sp³-hybridized carbons (Fsp3) is 0.0196. The van der Waals surface area contributed by atoms with Crippen LogP contribution in [0.5, 0.6) is 0 Å². The molecule has 12 aromatic rings. The predicted octanol–water partition coefficient (Wildman–Crippen LogP) is 12.8. The molecular formula is C51H29N3O2. The molecule has 0 saturated carbocycles. The summed E-state index contributed by atoms with van der Waals surface area (Å²) in [7, 11) is 0. The summed E-state index contributed by atoms with van der Waals surface area (Å²) < 4.78 is 8.87. The summed E-state index contributed by atoms with van der Waals surface area (Å²) in [6.07, 6.45) is -0.896. The second-order valence-corrected chi connectivity index (χ2v) is 14.9. The number of hydrogen-bond donors (Lipinski definition) is 1. The summed E-state index contributed by atoms with van der Waals surface area (Å²) in [5, 5.41) is 26.0. The SMILES string of the molecule is O[C@H]1c2ccccc2-c2nc(-n3c4ccc5c6ccccc6c6ccccc6c5c4c4ccc5ccccc5c43)nc(-c3cccc4c3oc3ccccc34)c21. The van der Waals surface area contributed by atoms with Gasteiger partial charge in [-0.05, 0) is 56.1 Å². The molecule has 5 heteroatoms. The van der Waals surface area contributed by atoms with Crippen LogP contribution < -0.4 is 0 Å². The fourth-order valence-electron chi connectivity index (χ4n) is 9.74. The Kier molecular flexibility index (Phi) is 5.84. The molecule has 0 radical (unpaired) electrons. The van der Waals surface area contributed by atoms with Gasteiger partial charge in [-0.3, -0.25) is 4.57 Å². The molecule has 1 aliphatic rings. The molecule has 0 fully saturated rings. The standard InChI is InChI=1S/C51H29N3O2/c55-49-37-20-8-7-19-36(37)46-45(49)47(40-22-11-21-38-33-17-9-10-23-42(33)56-50(38)40)53-51(52-46)54-41-27-26-35-32-16-4-3-14-30(32)31-15-5-6-18-34(31)43(35)44(41)39-25-24-28-12-1-2-13-29(28)48(39)54/h1-27,49,55H/t49-/m0/s1. The van der Waals surface area contributed by atoms with E-state index in [4.69, 9.17) is 14.4 Å². The maximum atomic E-state index is 12.1. The molecule has 0 spiro atoms. The number of aliphatic hydroxyl groups is 1. The Hall–Kier alpha value is -7.34. The number of benzene rings is 9. The van der Waals surface area contributed by atoms with Crippen molar-refractivity contribution in [1.82, 2.24) is 14.5 Å². The van der Waals surface area contributed by atoms with E-state index in [0.29, 0.717) is 17.2 Å². The van der Waals surface area contributed by atoms with Gasteiger partial charge in [0.15, 0.2) is 0 Å². The highest BCUT2D eigenvalue weighted by Gasteiger charge is 2.35. The van der Waals surface area contributed by atoms with E-state index < -0.39 is 6.10 Å². The van der Waals surface area contributed by atoms with Gasteiger partial charge in [0.05, 0.1) is 22.4 Å². The first-order valence-corrected chi connectivity index (χ1v) is 19.0. The van der Waals surface area contributed by atoms with Crippen molar-refractivity contribution in [3.05, 3.63) is 175 Å². The molecule has 13 rings (SSSR count). The lowest BCUT2D eigenvalue weighted by Crippen LogP contribution is -2.07. The molecular weight excluding hydrogens is 687 g/mol. The van der Waals surface area contributed by atoms with E-state index in [1.807, 2.05) is 36.4 Å². The van der Waals surface area contributed by atoms with Gasteiger partial charge in [0, 0.05) is 49.0 Å². The van der Waals surface area contributed by atoms with E-state index in [0.717, 1.165) is 76.9 Å². The largest absolute Gasteiger partial charge is 0.455 e. The Labute approximate surface area is 319 Å². The van der Waals surface area contributed by atoms with Gasteiger partial charge in [0.1, 0.15) is 17.3 Å². The maximum Gasteiger partial charge on any atom is 0.235 e. The van der Waals surface area contributed by atoms with E-state index in [2.05, 4.69) is 132 Å². The second-order valence-electron chi connectivity index (χ2n) is 14.9. The lowest BCUT2D eigenvalue weighted by Gasteiger charge is -2.16. The molecule has 1 N–H and O–H groups in total. The third-order valence-electron chi connectivity index (χ3n) is 12.1. The number of fused-ring (bicyclic) bond motifs is 18. The molecule has 1 atom stereocenters. The zero-order valence-corrected chi connectivity index (χ0v) is 29.9. The van der Waals surface area contributed by atoms with Crippen LogP contribution in [0.1, 0.15) is 17.2 Å². The van der Waals surface area contributed by atoms with E-state index in [1.165, 1.54) is 32.3 Å². The zero-order chi connectivity index (χ0) is 36.6. The van der Waals surface area contributed by atoms with Crippen molar-refractivity contribution in [2.24, 2.45) is 0 Å². The Balaban J connectivity index is 1.23. The van der Waals surface area contributed by atoms with E-state index in [-0.39, 0.29) is 0 Å². The Morgan fingerprint density at radius 2 is 1.05 bits per heavy atom. The van der Waals surface area contributed by atoms with E-state index in [9.17, 15) is 5.11 Å². The number of hydrogen-bond acceptors (Lipinski definition) is 4. The molecule has 0 aliphatic heterocycles. The average Bonchev–Trinajstić information content (AvgIpc) is 3.91. The van der Waals surface area contributed by atoms with Gasteiger partial charge in [-0.15, -0.1) is 0 Å². The van der Waals surface area contributed by atoms with Crippen LogP contribution in [0.25, 0.3) is 115 Å². The van der Waals surface area contributed by atoms with Gasteiger partial charge < -0.3 is 9.52 Å². The van der Waals surface area contributed by atoms with Gasteiger partial charge in [-0.25, -0.2) is 9.97 Å². The molecule has 1 aliphatic carbocycles. The van der Waals surface area contributed by atoms with Crippen molar-refractivity contribution in [3.8, 4) is 28.5 Å². The molecule has 9 aromatic carbocycles. The van der Waals surface area contributed by atoms with Crippen molar-refractivity contribution >= 4 is 86.8 Å². The number of furan rings is 1. The first-order valence-electron chi connectivity index (χ1n) is 19.0. The highest BCUT2D eigenvalue weighted by molar-refractivity contribution is 6.36. The van der Waals surface area contributed by atoms with Gasteiger partial charge in [-0.1, -0.05) is 146 Å². The van der Waals surface area contributed by atoms with Gasteiger partial charge in [-0.2, -0.15) is 0 Å². The summed E-state index contributed by atoms with van der Waals surface area (Å²) >= 11 is 0. The topological polar surface area (TPSA) is 64.1 Å². The molecule has 0 amide bonds. The van der Waals surface area contributed by atoms with Gasteiger partial charge in [0.25, 0.3) is 0 Å². The molecule has 3 heterocycles. The third kappa shape index (κ3) is 3.82. The third-order valence-corrected chi connectivity index (χ3v) is 12.1. The number of rotatable bonds is 2. The first kappa shape index (κ1) is 30.0. The maximum absolute atomic E-state index is 12.1. The summed E-state index contributed by atoms with van der Waals surface area (Å²) in [5.74, 6) is 0.538. The highest BCUT2D eigenvalue weighted by Crippen LogP contribution is 2.50. The van der Waals surface area contributed by atoms with Crippen LogP contribution in [0.4, 0.5) is 0 Å². The summed E-state index contributed by atoms with van der Waals surface area (Å²) in [6, 6.07) is 57.4. The van der Waals surface area contributed by atoms with Crippen molar-refractivity contribution in [3.63, 3.8) is 0 Å². The molecule has 0 saturated heterocycles. The first-order chi connectivity index (χ1) is 27.7. The van der Waals surface area contributed by atoms with Crippen LogP contribution in [0.3, 0.4) is 0 Å². The summed E-state index contributed by atoms with van der Waals surface area (Å²) in [6.45, 7) is 0. The van der Waals surface area contributed by atoms with Crippen LogP contribution in [0, 0.1) is 0 Å². The van der Waals surface area contributed by atoms with Crippen LogP contribution in [-0.2, 0) is 0 Å². The zero-order valence-electron chi connectivity index (χ0n) is 29.9. The van der Waals surface area contributed by atoms with Gasteiger partial charge in [0.2, 0.25) is 5.95 Å². The number of para-hydroxylation sites is 2. The molecule has 56 heavy (non-hydrogen) atoms. The van der Waals surface area contributed by atoms with Gasteiger partial charge >= 0.3 is 0 Å². The number of nitrogens with zero attached hydrogens (tertiary/aromatic N) is 3. The smallest absolute Gasteiger partial charge is 0.235 e. The summed E-state index contributed by atoms with van der Waals surface area (Å²) in [4.78, 5) is 11.0. The van der Waals surface area contributed by atoms with E-state index >= 15 is 0 Å². The molecule has 5 nitrogen and oxygen atoms in total. The van der Waals surface area contributed by atoms with Crippen molar-refractivity contribution in [1.29, 1.82) is 0 Å². The molecule has 0 bridgehead atoms. The van der Waals surface area contributed by atoms with Crippen molar-refractivity contribution in [2.45, 2.75) is 6.10 Å². The van der Waals surface area contributed by atoms with Crippen LogP contribution in [0.2, 0.25) is 0 Å². The Bertz CT molecular complexity index is 3650. The average molecular weight is 716 g/mol. The second kappa shape index (κ2) is 10.9. The Morgan fingerprint density at radius 1 is 0.464 bits per heavy atom. The highest BCUT2D eigenvalue weighted by atomic mass is 16.3. The monoisotopic (exact) mass is 715 g/mol. The van der Waals surface area contributed by atoms with Crippen molar-refractivity contribution in [2.75, 3.05) is 0 Å². The lowest BCUT2D eigenvalue weighted by atomic mass is 9.91. The minimum Gasteiger partial charge on any atom is -0.455 e. The van der Waals surface area contributed by atoms with Crippen molar-refractivity contribution < 1.29 is 9.52 Å². The lowest BCUT2D eigenvalue weighted by molar-refractivity contribution is 0.225. The van der Waals surface area contributed by atoms with Crippen LogP contribution in [0.15, 0.2) is 168 Å². The van der Waals surface area contributed by atoms with Crippen LogP contribution >= 0.6 is 0 Å². The van der Waals surface area contributed by atoms with Crippen LogP contribution in [-0.4, -0.2) is 19.6 Å². The minimum absolute atomic E-state index is 0.538. The molecule has 0 unspecified atom stereocenters. The minimum atomic E-state index is -0.896. The normalized spacial score (nSPS) is 14.0. The van der Waals surface area contributed by atoms with E-state index in [1.54, 1.807) is 0 Å². The number of aliphatic hydroxyl groups excluding tert-OH is 1. The fourth-order valence-corrected chi connectivity index (χ4v) is 9.74. The Morgan fingerprint density at radius 3 is 1.88 bits per heavy atom. The number of aromatic nitrogens is 3. The molecule has 260 valence electrons. The predicted molar refractivity (Wildman–Crippen MR) is 229 cm³/mol. The quantitative estimate of drug-likeness (QED) is 0.181. The summed E-state index contributed by atoms with van der Waals surface area (Å²) in [5.41, 5.74) is 8.24. The molecule has 3 aromatic heterocycles.